The number of carbonyl (C=O) groups is 1. The number of thiophene rings is 1. The first-order valence-corrected chi connectivity index (χ1v) is 8.07. The molecular weight excluding hydrogens is 415 g/mol. The summed E-state index contributed by atoms with van der Waals surface area (Å²) in [7, 11) is 0. The van der Waals surface area contributed by atoms with E-state index < -0.39 is 5.97 Å². The summed E-state index contributed by atoms with van der Waals surface area (Å²) in [5, 5.41) is 13.1. The first kappa shape index (κ1) is 16.3. The van der Waals surface area contributed by atoms with E-state index >= 15 is 0 Å². The number of nitrogens with zero attached hydrogens (tertiary/aromatic N) is 4. The predicted molar refractivity (Wildman–Crippen MR) is 91.9 cm³/mol. The van der Waals surface area contributed by atoms with Gasteiger partial charge in [0.15, 0.2) is 0 Å². The fourth-order valence-electron chi connectivity index (χ4n) is 1.87. The van der Waals surface area contributed by atoms with E-state index in [9.17, 15) is 10.1 Å². The Hall–Kier alpha value is -2.08. The molecule has 0 aliphatic heterocycles. The van der Waals surface area contributed by atoms with Gasteiger partial charge >= 0.3 is 5.97 Å². The highest BCUT2D eigenvalue weighted by molar-refractivity contribution is 14.1. The molecule has 22 heavy (non-hydrogen) atoms. The number of esters is 1. The number of rotatable bonds is 4. The Kier molecular flexibility index (Phi) is 5.38. The lowest BCUT2D eigenvalue weighted by Gasteiger charge is -2.05. The van der Waals surface area contributed by atoms with Gasteiger partial charge in [-0.25, -0.2) is 4.79 Å². The van der Waals surface area contributed by atoms with Crippen LogP contribution in [0.25, 0.3) is 21.6 Å². The summed E-state index contributed by atoms with van der Waals surface area (Å²) in [5.41, 5.74) is 9.97. The molecule has 2 aromatic rings. The Bertz CT molecular complexity index is 801. The van der Waals surface area contributed by atoms with Crippen LogP contribution in [-0.2, 0) is 4.74 Å². The minimum atomic E-state index is -0.531. The molecule has 0 radical (unpaired) electrons. The first-order valence-electron chi connectivity index (χ1n) is 6.17. The summed E-state index contributed by atoms with van der Waals surface area (Å²) in [5.74, 6) is -0.531. The van der Waals surface area contributed by atoms with E-state index in [-0.39, 0.29) is 22.0 Å². The predicted octanol–water partition coefficient (Wildman–Crippen LogP) is 5.01. The summed E-state index contributed by atoms with van der Waals surface area (Å²) < 4.78 is 6.06. The molecule has 0 amide bonds. The second kappa shape index (κ2) is 7.26. The minimum absolute atomic E-state index is 0.168. The number of ether oxygens (including phenoxy) is 1. The van der Waals surface area contributed by atoms with Crippen molar-refractivity contribution in [2.75, 3.05) is 6.61 Å². The summed E-state index contributed by atoms with van der Waals surface area (Å²) in [6.07, 6.45) is 0. The fraction of sp³-hybridized carbons (Fsp3) is 0.143. The van der Waals surface area contributed by atoms with E-state index in [1.165, 1.54) is 0 Å². The lowest BCUT2D eigenvalue weighted by molar-refractivity contribution is 0.0533. The Morgan fingerprint density at radius 1 is 1.50 bits per heavy atom. The van der Waals surface area contributed by atoms with Gasteiger partial charge in [0, 0.05) is 14.0 Å². The number of carbonyl (C=O) groups excluding carboxylic acids is 1. The topological polar surface area (TPSA) is 98.8 Å². The molecule has 0 aliphatic rings. The van der Waals surface area contributed by atoms with E-state index in [0.717, 1.165) is 14.9 Å². The molecule has 0 bridgehead atoms. The molecule has 0 unspecified atom stereocenters. The van der Waals surface area contributed by atoms with Crippen LogP contribution in [0.3, 0.4) is 0 Å². The van der Waals surface area contributed by atoms with Gasteiger partial charge in [0.1, 0.15) is 15.9 Å². The molecule has 110 valence electrons. The van der Waals surface area contributed by atoms with Crippen molar-refractivity contribution in [3.8, 4) is 17.2 Å². The van der Waals surface area contributed by atoms with Gasteiger partial charge < -0.3 is 4.74 Å². The minimum Gasteiger partial charge on any atom is -0.462 e. The fourth-order valence-corrected chi connectivity index (χ4v) is 3.21. The van der Waals surface area contributed by atoms with Crippen molar-refractivity contribution in [3.05, 3.63) is 48.7 Å². The summed E-state index contributed by atoms with van der Waals surface area (Å²) >= 11 is 3.13. The third-order valence-corrected chi connectivity index (χ3v) is 4.50. The standard InChI is InChI=1S/C14H9IN4O2S/c1-2-21-14(20)12-11(8-3-5-9(15)6-4-8)10(7-16)13(22-12)18-19-17/h3-6H,2H2,1H3. The van der Waals surface area contributed by atoms with Gasteiger partial charge in [-0.05, 0) is 57.9 Å². The maximum absolute atomic E-state index is 12.1. The van der Waals surface area contributed by atoms with Crippen LogP contribution in [0.1, 0.15) is 22.2 Å². The van der Waals surface area contributed by atoms with E-state index in [0.29, 0.717) is 11.1 Å². The van der Waals surface area contributed by atoms with Crippen LogP contribution < -0.4 is 0 Å². The van der Waals surface area contributed by atoms with Gasteiger partial charge in [-0.3, -0.25) is 0 Å². The smallest absolute Gasteiger partial charge is 0.348 e. The van der Waals surface area contributed by atoms with Crippen LogP contribution >= 0.6 is 33.9 Å². The summed E-state index contributed by atoms with van der Waals surface area (Å²) in [4.78, 5) is 15.1. The van der Waals surface area contributed by atoms with Crippen LogP contribution in [0.15, 0.2) is 29.4 Å². The molecule has 0 atom stereocenters. The third kappa shape index (κ3) is 3.22. The number of hydrogen-bond acceptors (Lipinski definition) is 5. The Morgan fingerprint density at radius 3 is 2.73 bits per heavy atom. The zero-order valence-corrected chi connectivity index (χ0v) is 14.4. The molecule has 0 spiro atoms. The molecule has 1 aromatic heterocycles. The molecule has 1 aromatic carbocycles. The van der Waals surface area contributed by atoms with Crippen LogP contribution in [0.5, 0.6) is 0 Å². The summed E-state index contributed by atoms with van der Waals surface area (Å²) in [6.45, 7) is 1.93. The first-order chi connectivity index (χ1) is 10.6. The van der Waals surface area contributed by atoms with Crippen molar-refractivity contribution in [1.82, 2.24) is 0 Å². The highest BCUT2D eigenvalue weighted by atomic mass is 127. The lowest BCUT2D eigenvalue weighted by atomic mass is 10.0. The SMILES string of the molecule is CCOC(=O)c1sc(N=[N+]=[N-])c(C#N)c1-c1ccc(I)cc1. The third-order valence-electron chi connectivity index (χ3n) is 2.73. The quantitative estimate of drug-likeness (QED) is 0.227. The van der Waals surface area contributed by atoms with Gasteiger partial charge in [-0.15, -0.1) is 11.3 Å². The Labute approximate surface area is 144 Å². The Morgan fingerprint density at radius 2 is 2.18 bits per heavy atom. The van der Waals surface area contributed by atoms with Gasteiger partial charge in [0.2, 0.25) is 0 Å². The van der Waals surface area contributed by atoms with Crippen LogP contribution in [0.2, 0.25) is 0 Å². The van der Waals surface area contributed by atoms with E-state index in [2.05, 4.69) is 32.6 Å². The zero-order chi connectivity index (χ0) is 16.1. The van der Waals surface area contributed by atoms with Gasteiger partial charge in [-0.2, -0.15) is 5.26 Å². The number of halogens is 1. The molecule has 2 rings (SSSR count). The van der Waals surface area contributed by atoms with Gasteiger partial charge in [-0.1, -0.05) is 12.1 Å². The second-order valence-electron chi connectivity index (χ2n) is 4.01. The highest BCUT2D eigenvalue weighted by Crippen LogP contribution is 2.42. The van der Waals surface area contributed by atoms with E-state index in [1.54, 1.807) is 6.92 Å². The largest absolute Gasteiger partial charge is 0.462 e. The van der Waals surface area contributed by atoms with E-state index in [4.69, 9.17) is 10.3 Å². The van der Waals surface area contributed by atoms with Gasteiger partial charge in [0.05, 0.1) is 12.2 Å². The molecule has 8 heteroatoms. The van der Waals surface area contributed by atoms with E-state index in [1.807, 2.05) is 30.3 Å². The number of azide groups is 1. The van der Waals surface area contributed by atoms with Crippen molar-refractivity contribution >= 4 is 44.9 Å². The number of nitriles is 1. The van der Waals surface area contributed by atoms with Crippen LogP contribution in [0.4, 0.5) is 5.00 Å². The van der Waals surface area contributed by atoms with Crippen molar-refractivity contribution < 1.29 is 9.53 Å². The maximum atomic E-state index is 12.1. The summed E-state index contributed by atoms with van der Waals surface area (Å²) in [6, 6.07) is 9.38. The molecule has 0 fully saturated rings. The molecule has 0 N–H and O–H groups in total. The second-order valence-corrected chi connectivity index (χ2v) is 6.26. The molecular formula is C14H9IN4O2S. The van der Waals surface area contributed by atoms with Crippen molar-refractivity contribution in [2.45, 2.75) is 6.92 Å². The number of hydrogen-bond donors (Lipinski definition) is 0. The molecule has 0 saturated carbocycles. The van der Waals surface area contributed by atoms with Gasteiger partial charge in [0.25, 0.3) is 0 Å². The lowest BCUT2D eigenvalue weighted by Crippen LogP contribution is -2.04. The average Bonchev–Trinajstić information content (AvgIpc) is 2.87. The monoisotopic (exact) mass is 424 g/mol. The molecule has 0 aliphatic carbocycles. The molecule has 0 saturated heterocycles. The van der Waals surface area contributed by atoms with Crippen LogP contribution in [0, 0.1) is 14.9 Å². The average molecular weight is 424 g/mol. The number of benzene rings is 1. The zero-order valence-electron chi connectivity index (χ0n) is 11.4. The normalized spacial score (nSPS) is 9.68. The van der Waals surface area contributed by atoms with Crippen molar-refractivity contribution in [3.63, 3.8) is 0 Å². The molecule has 1 heterocycles. The maximum Gasteiger partial charge on any atom is 0.348 e. The van der Waals surface area contributed by atoms with Crippen molar-refractivity contribution in [1.29, 1.82) is 5.26 Å². The van der Waals surface area contributed by atoms with Crippen molar-refractivity contribution in [2.24, 2.45) is 5.11 Å². The Balaban J connectivity index is 2.72. The molecule has 6 nitrogen and oxygen atoms in total. The highest BCUT2D eigenvalue weighted by Gasteiger charge is 2.24. The van der Waals surface area contributed by atoms with Crippen LogP contribution in [-0.4, -0.2) is 12.6 Å².